The van der Waals surface area contributed by atoms with Gasteiger partial charge in [-0.3, -0.25) is 9.69 Å². The summed E-state index contributed by atoms with van der Waals surface area (Å²) < 4.78 is 17.5. The molecule has 0 radical (unpaired) electrons. The van der Waals surface area contributed by atoms with Crippen LogP contribution in [0.15, 0.2) is 59.9 Å². The molecule has 0 amide bonds. The molecule has 0 bridgehead atoms. The Morgan fingerprint density at radius 3 is 2.26 bits per heavy atom. The van der Waals surface area contributed by atoms with Crippen molar-refractivity contribution in [3.05, 3.63) is 71.0 Å². The molecule has 34 heavy (non-hydrogen) atoms. The standard InChI is InChI=1S/C29H35NO4/c1-29(2)16-24(31)27-25(17-29)34-28-23(26(27)20-9-13-22(33-4)14-10-20)6-5-15-30(28)18-19-7-11-21(32-3)12-8-19/h7-14,23,26,28H,5-6,15-18H2,1-4H3/t23-,26-,28+/m1/s1. The van der Waals surface area contributed by atoms with E-state index in [1.54, 1.807) is 14.2 Å². The number of hydrogen-bond donors (Lipinski definition) is 0. The summed E-state index contributed by atoms with van der Waals surface area (Å²) in [6.07, 6.45) is 3.49. The first-order chi connectivity index (χ1) is 16.4. The van der Waals surface area contributed by atoms with Crippen LogP contribution in [0.3, 0.4) is 0 Å². The number of likely N-dealkylation sites (tertiary alicyclic amines) is 1. The molecule has 5 heteroatoms. The third-order valence-corrected chi connectivity index (χ3v) is 7.61. The van der Waals surface area contributed by atoms with Crippen LogP contribution in [0.5, 0.6) is 11.5 Å². The normalized spacial score (nSPS) is 26.4. The molecule has 0 saturated carbocycles. The molecule has 1 saturated heterocycles. The van der Waals surface area contributed by atoms with Gasteiger partial charge in [0, 0.05) is 43.3 Å². The second-order valence-electron chi connectivity index (χ2n) is 10.7. The minimum Gasteiger partial charge on any atom is -0.497 e. The third-order valence-electron chi connectivity index (χ3n) is 7.61. The zero-order valence-corrected chi connectivity index (χ0v) is 20.7. The van der Waals surface area contributed by atoms with Gasteiger partial charge in [0.15, 0.2) is 12.0 Å². The fourth-order valence-electron chi connectivity index (χ4n) is 6.01. The molecule has 0 spiro atoms. The van der Waals surface area contributed by atoms with E-state index in [0.29, 0.717) is 6.42 Å². The van der Waals surface area contributed by atoms with Gasteiger partial charge < -0.3 is 14.2 Å². The molecular formula is C29H35NO4. The van der Waals surface area contributed by atoms with Crippen LogP contribution >= 0.6 is 0 Å². The predicted molar refractivity (Wildman–Crippen MR) is 132 cm³/mol. The molecule has 2 heterocycles. The van der Waals surface area contributed by atoms with Gasteiger partial charge in [0.25, 0.3) is 0 Å². The fourth-order valence-corrected chi connectivity index (χ4v) is 6.01. The monoisotopic (exact) mass is 461 g/mol. The van der Waals surface area contributed by atoms with E-state index in [2.05, 4.69) is 43.0 Å². The number of allylic oxidation sites excluding steroid dienone is 2. The lowest BCUT2D eigenvalue weighted by Gasteiger charge is -2.50. The molecule has 1 aliphatic carbocycles. The fraction of sp³-hybridized carbons (Fsp3) is 0.483. The Morgan fingerprint density at radius 1 is 0.971 bits per heavy atom. The summed E-state index contributed by atoms with van der Waals surface area (Å²) in [4.78, 5) is 15.9. The van der Waals surface area contributed by atoms with Crippen molar-refractivity contribution < 1.29 is 19.0 Å². The van der Waals surface area contributed by atoms with E-state index in [1.165, 1.54) is 11.1 Å². The molecule has 3 atom stereocenters. The number of carbonyl (C=O) groups is 1. The number of Topliss-reactive ketones (excluding diaryl/α,β-unsaturated/α-hetero) is 1. The van der Waals surface area contributed by atoms with E-state index < -0.39 is 0 Å². The number of ether oxygens (including phenoxy) is 3. The smallest absolute Gasteiger partial charge is 0.163 e. The van der Waals surface area contributed by atoms with Crippen molar-refractivity contribution >= 4 is 5.78 Å². The van der Waals surface area contributed by atoms with Crippen LogP contribution < -0.4 is 9.47 Å². The van der Waals surface area contributed by atoms with Crippen LogP contribution in [0.1, 0.15) is 56.6 Å². The molecule has 2 aromatic carbocycles. The van der Waals surface area contributed by atoms with Gasteiger partial charge in [-0.25, -0.2) is 0 Å². The van der Waals surface area contributed by atoms with Crippen molar-refractivity contribution in [2.45, 2.75) is 58.2 Å². The number of ketones is 1. The summed E-state index contributed by atoms with van der Waals surface area (Å²) in [6.45, 7) is 6.15. The van der Waals surface area contributed by atoms with Crippen LogP contribution in [0.25, 0.3) is 0 Å². The predicted octanol–water partition coefficient (Wildman–Crippen LogP) is 5.70. The number of benzene rings is 2. The molecule has 2 aliphatic heterocycles. The molecule has 2 aromatic rings. The second kappa shape index (κ2) is 9.10. The van der Waals surface area contributed by atoms with E-state index in [1.807, 2.05) is 24.3 Å². The second-order valence-corrected chi connectivity index (χ2v) is 10.7. The van der Waals surface area contributed by atoms with E-state index in [9.17, 15) is 4.79 Å². The number of fused-ring (bicyclic) bond motifs is 1. The third kappa shape index (κ3) is 4.34. The SMILES string of the molecule is COc1ccc(CN2CCC[C@@H]3[C@@H](c4ccc(OC)cc4)C4=C(CC(C)(C)CC4=O)O[C@@H]32)cc1. The van der Waals surface area contributed by atoms with Gasteiger partial charge in [-0.2, -0.15) is 0 Å². The Hall–Kier alpha value is -2.79. The highest BCUT2D eigenvalue weighted by Gasteiger charge is 2.49. The minimum absolute atomic E-state index is 0.0385. The average Bonchev–Trinajstić information content (AvgIpc) is 2.83. The van der Waals surface area contributed by atoms with Gasteiger partial charge in [-0.15, -0.1) is 0 Å². The van der Waals surface area contributed by atoms with Crippen LogP contribution in [-0.4, -0.2) is 37.7 Å². The van der Waals surface area contributed by atoms with Crippen molar-refractivity contribution in [3.63, 3.8) is 0 Å². The van der Waals surface area contributed by atoms with Crippen molar-refractivity contribution in [3.8, 4) is 11.5 Å². The summed E-state index contributed by atoms with van der Waals surface area (Å²) in [6, 6.07) is 16.6. The lowest BCUT2D eigenvalue weighted by atomic mass is 9.66. The van der Waals surface area contributed by atoms with Gasteiger partial charge in [-0.1, -0.05) is 38.1 Å². The van der Waals surface area contributed by atoms with E-state index in [-0.39, 0.29) is 29.3 Å². The number of rotatable bonds is 5. The van der Waals surface area contributed by atoms with Crippen LogP contribution in [0.4, 0.5) is 0 Å². The van der Waals surface area contributed by atoms with Crippen molar-refractivity contribution in [2.24, 2.45) is 11.3 Å². The highest BCUT2D eigenvalue weighted by Crippen LogP contribution is 2.52. The quantitative estimate of drug-likeness (QED) is 0.572. The molecule has 3 aliphatic rings. The molecular weight excluding hydrogens is 426 g/mol. The Kier molecular flexibility index (Phi) is 6.15. The van der Waals surface area contributed by atoms with Gasteiger partial charge in [0.1, 0.15) is 17.3 Å². The Balaban J connectivity index is 1.52. The summed E-state index contributed by atoms with van der Waals surface area (Å²) in [5.74, 6) is 3.16. The maximum atomic E-state index is 13.5. The molecule has 1 fully saturated rings. The minimum atomic E-state index is -0.0807. The maximum absolute atomic E-state index is 13.5. The van der Waals surface area contributed by atoms with Crippen LogP contribution in [0, 0.1) is 11.3 Å². The van der Waals surface area contributed by atoms with Gasteiger partial charge in [0.2, 0.25) is 0 Å². The molecule has 0 aromatic heterocycles. The zero-order valence-electron chi connectivity index (χ0n) is 20.7. The van der Waals surface area contributed by atoms with Crippen LogP contribution in [0.2, 0.25) is 0 Å². The number of hydrogen-bond acceptors (Lipinski definition) is 5. The first-order valence-corrected chi connectivity index (χ1v) is 12.3. The van der Waals surface area contributed by atoms with Gasteiger partial charge in [-0.05, 0) is 53.6 Å². The van der Waals surface area contributed by atoms with Gasteiger partial charge in [0.05, 0.1) is 14.2 Å². The van der Waals surface area contributed by atoms with Crippen molar-refractivity contribution in [1.82, 2.24) is 4.90 Å². The summed E-state index contributed by atoms with van der Waals surface area (Å²) in [5.41, 5.74) is 3.26. The Morgan fingerprint density at radius 2 is 1.62 bits per heavy atom. The Bertz CT molecular complexity index is 1070. The molecule has 5 rings (SSSR count). The number of methoxy groups -OCH3 is 2. The van der Waals surface area contributed by atoms with E-state index >= 15 is 0 Å². The lowest BCUT2D eigenvalue weighted by Crippen LogP contribution is -2.52. The molecule has 180 valence electrons. The van der Waals surface area contributed by atoms with Gasteiger partial charge >= 0.3 is 0 Å². The summed E-state index contributed by atoms with van der Waals surface area (Å²) in [7, 11) is 3.38. The first kappa shape index (κ1) is 23.0. The zero-order chi connectivity index (χ0) is 23.9. The lowest BCUT2D eigenvalue weighted by molar-refractivity contribution is -0.132. The Labute approximate surface area is 202 Å². The van der Waals surface area contributed by atoms with E-state index in [4.69, 9.17) is 14.2 Å². The van der Waals surface area contributed by atoms with Crippen molar-refractivity contribution in [2.75, 3.05) is 20.8 Å². The number of carbonyl (C=O) groups excluding carboxylic acids is 1. The molecule has 0 N–H and O–H groups in total. The number of piperidine rings is 1. The number of nitrogens with zero attached hydrogens (tertiary/aromatic N) is 1. The maximum Gasteiger partial charge on any atom is 0.163 e. The molecule has 5 nitrogen and oxygen atoms in total. The van der Waals surface area contributed by atoms with E-state index in [0.717, 1.165) is 55.2 Å². The largest absolute Gasteiger partial charge is 0.497 e. The van der Waals surface area contributed by atoms with Crippen molar-refractivity contribution in [1.29, 1.82) is 0 Å². The highest BCUT2D eigenvalue weighted by molar-refractivity contribution is 5.99. The topological polar surface area (TPSA) is 48.0 Å². The first-order valence-electron chi connectivity index (χ1n) is 12.3. The average molecular weight is 462 g/mol. The highest BCUT2D eigenvalue weighted by atomic mass is 16.5. The molecule has 0 unspecified atom stereocenters. The van der Waals surface area contributed by atoms with Crippen LogP contribution in [-0.2, 0) is 16.1 Å². The summed E-state index contributed by atoms with van der Waals surface area (Å²) >= 11 is 0. The summed E-state index contributed by atoms with van der Waals surface area (Å²) in [5, 5.41) is 0.